The Bertz CT molecular complexity index is 1140. The second-order valence-electron chi connectivity index (χ2n) is 8.03. The third kappa shape index (κ3) is 4.10. The molecule has 7 nitrogen and oxygen atoms in total. The molecular weight excluding hydrogens is 408 g/mol. The molecule has 1 aliphatic carbocycles. The van der Waals surface area contributed by atoms with E-state index >= 15 is 0 Å². The first-order chi connectivity index (χ1) is 15.0. The summed E-state index contributed by atoms with van der Waals surface area (Å²) in [7, 11) is 1.91. The molecule has 31 heavy (non-hydrogen) atoms. The number of amides is 1. The topological polar surface area (TPSA) is 88.5 Å². The standard InChI is InChI=1S/C23H26N6OS/c1-15(2)21-26-27-23(28(21)3)31-14-20(30)25-22-18(13-24)17-11-7-8-12-19(17)29(22)16-9-5-4-6-10-16/h4-6,9-10,15H,7-8,11-12,14H2,1-3H3,(H,25,30). The number of nitrogens with zero attached hydrogens (tertiary/aromatic N) is 5. The van der Waals surface area contributed by atoms with Gasteiger partial charge in [-0.2, -0.15) is 5.26 Å². The van der Waals surface area contributed by atoms with Crippen LogP contribution in [-0.2, 0) is 24.7 Å². The van der Waals surface area contributed by atoms with E-state index in [9.17, 15) is 10.1 Å². The zero-order valence-electron chi connectivity index (χ0n) is 18.1. The predicted molar refractivity (Wildman–Crippen MR) is 122 cm³/mol. The summed E-state index contributed by atoms with van der Waals surface area (Å²) in [4.78, 5) is 12.9. The summed E-state index contributed by atoms with van der Waals surface area (Å²) >= 11 is 1.35. The van der Waals surface area contributed by atoms with Crippen molar-refractivity contribution in [2.24, 2.45) is 7.05 Å². The molecule has 0 saturated heterocycles. The van der Waals surface area contributed by atoms with Gasteiger partial charge in [0.15, 0.2) is 5.16 Å². The highest BCUT2D eigenvalue weighted by molar-refractivity contribution is 7.99. The number of anilines is 1. The van der Waals surface area contributed by atoms with Crippen LogP contribution in [0.4, 0.5) is 5.82 Å². The molecule has 0 atom stereocenters. The summed E-state index contributed by atoms with van der Waals surface area (Å²) in [5.74, 6) is 1.76. The molecule has 3 aromatic rings. The van der Waals surface area contributed by atoms with Crippen LogP contribution in [-0.4, -0.2) is 31.0 Å². The first-order valence-corrected chi connectivity index (χ1v) is 11.5. The lowest BCUT2D eigenvalue weighted by Crippen LogP contribution is -2.18. The maximum absolute atomic E-state index is 12.9. The number of para-hydroxylation sites is 1. The molecular formula is C23H26N6OS. The van der Waals surface area contributed by atoms with Crippen LogP contribution in [0.2, 0.25) is 0 Å². The zero-order valence-corrected chi connectivity index (χ0v) is 18.9. The van der Waals surface area contributed by atoms with Crippen LogP contribution >= 0.6 is 11.8 Å². The number of nitriles is 1. The Kier molecular flexibility index (Phi) is 6.14. The fraction of sp³-hybridized carbons (Fsp3) is 0.391. The third-order valence-electron chi connectivity index (χ3n) is 5.57. The average Bonchev–Trinajstić information content (AvgIpc) is 3.30. The molecule has 1 N–H and O–H groups in total. The van der Waals surface area contributed by atoms with E-state index < -0.39 is 0 Å². The Morgan fingerprint density at radius 3 is 2.65 bits per heavy atom. The minimum absolute atomic E-state index is 0.164. The van der Waals surface area contributed by atoms with Crippen molar-refractivity contribution in [2.75, 3.05) is 11.1 Å². The number of aromatic nitrogens is 4. The summed E-state index contributed by atoms with van der Waals surface area (Å²) < 4.78 is 3.98. The van der Waals surface area contributed by atoms with Crippen LogP contribution in [0.5, 0.6) is 0 Å². The van der Waals surface area contributed by atoms with Gasteiger partial charge in [-0.1, -0.05) is 43.8 Å². The Hall–Kier alpha value is -3.05. The molecule has 8 heteroatoms. The summed E-state index contributed by atoms with van der Waals surface area (Å²) in [5, 5.41) is 22.1. The van der Waals surface area contributed by atoms with Crippen LogP contribution in [0, 0.1) is 11.3 Å². The van der Waals surface area contributed by atoms with Gasteiger partial charge in [-0.05, 0) is 43.4 Å². The molecule has 0 bridgehead atoms. The first-order valence-electron chi connectivity index (χ1n) is 10.5. The third-order valence-corrected chi connectivity index (χ3v) is 6.59. The van der Waals surface area contributed by atoms with Gasteiger partial charge >= 0.3 is 0 Å². The van der Waals surface area contributed by atoms with Gasteiger partial charge in [-0.25, -0.2) is 0 Å². The molecule has 2 aromatic heterocycles. The van der Waals surface area contributed by atoms with Crippen LogP contribution in [0.1, 0.15) is 55.3 Å². The van der Waals surface area contributed by atoms with E-state index in [0.29, 0.717) is 16.5 Å². The largest absolute Gasteiger partial charge is 0.310 e. The Morgan fingerprint density at radius 2 is 1.97 bits per heavy atom. The van der Waals surface area contributed by atoms with Crippen molar-refractivity contribution < 1.29 is 4.79 Å². The predicted octanol–water partition coefficient (Wildman–Crippen LogP) is 4.21. The number of benzene rings is 1. The molecule has 160 valence electrons. The monoisotopic (exact) mass is 434 g/mol. The quantitative estimate of drug-likeness (QED) is 0.587. The van der Waals surface area contributed by atoms with Crippen LogP contribution in [0.15, 0.2) is 35.5 Å². The molecule has 0 radical (unpaired) electrons. The zero-order chi connectivity index (χ0) is 22.0. The number of hydrogen-bond donors (Lipinski definition) is 1. The molecule has 0 aliphatic heterocycles. The second kappa shape index (κ2) is 8.98. The highest BCUT2D eigenvalue weighted by Crippen LogP contribution is 2.35. The van der Waals surface area contributed by atoms with Gasteiger partial charge in [-0.3, -0.25) is 9.36 Å². The van der Waals surface area contributed by atoms with E-state index in [1.54, 1.807) is 0 Å². The van der Waals surface area contributed by atoms with E-state index in [2.05, 4.69) is 40.0 Å². The van der Waals surface area contributed by atoms with E-state index in [1.807, 2.05) is 41.9 Å². The fourth-order valence-electron chi connectivity index (χ4n) is 4.15. The van der Waals surface area contributed by atoms with Gasteiger partial charge in [0, 0.05) is 24.3 Å². The van der Waals surface area contributed by atoms with Gasteiger partial charge in [0.2, 0.25) is 5.91 Å². The molecule has 0 fully saturated rings. The van der Waals surface area contributed by atoms with Crippen molar-refractivity contribution in [3.63, 3.8) is 0 Å². The van der Waals surface area contributed by atoms with Crippen molar-refractivity contribution in [1.29, 1.82) is 5.26 Å². The van der Waals surface area contributed by atoms with Crippen molar-refractivity contribution in [3.05, 3.63) is 53.0 Å². The average molecular weight is 435 g/mol. The molecule has 0 spiro atoms. The first kappa shape index (κ1) is 21.2. The number of carbonyl (C=O) groups excluding carboxylic acids is 1. The smallest absolute Gasteiger partial charge is 0.236 e. The molecule has 1 aliphatic rings. The lowest BCUT2D eigenvalue weighted by atomic mass is 9.95. The van der Waals surface area contributed by atoms with Crippen molar-refractivity contribution >= 4 is 23.5 Å². The van der Waals surface area contributed by atoms with Crippen molar-refractivity contribution in [3.8, 4) is 11.8 Å². The van der Waals surface area contributed by atoms with E-state index in [4.69, 9.17) is 0 Å². The molecule has 1 aromatic carbocycles. The van der Waals surface area contributed by atoms with Gasteiger partial charge in [0.25, 0.3) is 0 Å². The molecule has 1 amide bonds. The fourth-order valence-corrected chi connectivity index (χ4v) is 4.87. The number of rotatable bonds is 6. The Morgan fingerprint density at radius 1 is 1.23 bits per heavy atom. The van der Waals surface area contributed by atoms with E-state index in [0.717, 1.165) is 48.5 Å². The maximum Gasteiger partial charge on any atom is 0.236 e. The van der Waals surface area contributed by atoms with Crippen LogP contribution < -0.4 is 5.32 Å². The second-order valence-corrected chi connectivity index (χ2v) is 8.97. The Balaban J connectivity index is 1.61. The van der Waals surface area contributed by atoms with Crippen LogP contribution in [0.25, 0.3) is 5.69 Å². The lowest BCUT2D eigenvalue weighted by molar-refractivity contribution is -0.113. The molecule has 2 heterocycles. The normalized spacial score (nSPS) is 13.1. The number of nitrogens with one attached hydrogen (secondary N) is 1. The molecule has 0 saturated carbocycles. The van der Waals surface area contributed by atoms with Crippen molar-refractivity contribution in [2.45, 2.75) is 50.6 Å². The van der Waals surface area contributed by atoms with Gasteiger partial charge in [-0.15, -0.1) is 10.2 Å². The number of carbonyl (C=O) groups is 1. The Labute approximate surface area is 186 Å². The summed E-state index contributed by atoms with van der Waals surface area (Å²) in [6.07, 6.45) is 3.92. The van der Waals surface area contributed by atoms with Gasteiger partial charge in [0.1, 0.15) is 17.7 Å². The highest BCUT2D eigenvalue weighted by atomic mass is 32.2. The number of hydrogen-bond acceptors (Lipinski definition) is 5. The van der Waals surface area contributed by atoms with E-state index in [1.165, 1.54) is 11.8 Å². The summed E-state index contributed by atoms with van der Waals surface area (Å²) in [6.45, 7) is 4.13. The SMILES string of the molecule is CC(C)c1nnc(SCC(=O)Nc2c(C#N)c3c(n2-c2ccccc2)CCCC3)n1C. The van der Waals surface area contributed by atoms with Gasteiger partial charge < -0.3 is 9.88 Å². The number of fused-ring (bicyclic) bond motifs is 1. The minimum atomic E-state index is -0.164. The molecule has 0 unspecified atom stereocenters. The lowest BCUT2D eigenvalue weighted by Gasteiger charge is -2.17. The summed E-state index contributed by atoms with van der Waals surface area (Å²) in [5.41, 5.74) is 3.74. The number of thioether (sulfide) groups is 1. The highest BCUT2D eigenvalue weighted by Gasteiger charge is 2.27. The van der Waals surface area contributed by atoms with Crippen molar-refractivity contribution in [1.82, 2.24) is 19.3 Å². The summed E-state index contributed by atoms with van der Waals surface area (Å²) in [6, 6.07) is 12.3. The maximum atomic E-state index is 12.9. The minimum Gasteiger partial charge on any atom is -0.310 e. The van der Waals surface area contributed by atoms with E-state index in [-0.39, 0.29) is 17.6 Å². The molecule has 4 rings (SSSR count). The van der Waals surface area contributed by atoms with Crippen LogP contribution in [0.3, 0.4) is 0 Å². The van der Waals surface area contributed by atoms with Gasteiger partial charge in [0.05, 0.1) is 11.3 Å².